The van der Waals surface area contributed by atoms with E-state index in [1.54, 1.807) is 13.0 Å². The van der Waals surface area contributed by atoms with E-state index in [0.29, 0.717) is 17.6 Å². The number of nitrogens with one attached hydrogen (secondary N) is 2. The van der Waals surface area contributed by atoms with Crippen LogP contribution in [-0.2, 0) is 11.3 Å². The number of benzene rings is 1. The van der Waals surface area contributed by atoms with Gasteiger partial charge < -0.3 is 15.2 Å². The number of carbonyl (C=O) groups excluding carboxylic acids is 1. The van der Waals surface area contributed by atoms with Crippen molar-refractivity contribution in [2.24, 2.45) is 0 Å². The van der Waals surface area contributed by atoms with Crippen LogP contribution in [0, 0.1) is 6.92 Å². The highest BCUT2D eigenvalue weighted by atomic mass is 16.5. The van der Waals surface area contributed by atoms with Gasteiger partial charge in [-0.2, -0.15) is 0 Å². The molecule has 0 unspecified atom stereocenters. The number of nitrogens with zero attached hydrogens (tertiary/aromatic N) is 2. The van der Waals surface area contributed by atoms with Gasteiger partial charge in [-0.15, -0.1) is 0 Å². The number of hydrogen-bond acceptors (Lipinski definition) is 5. The molecule has 0 bridgehead atoms. The molecule has 0 aliphatic carbocycles. The maximum absolute atomic E-state index is 12.4. The van der Waals surface area contributed by atoms with E-state index < -0.39 is 0 Å². The van der Waals surface area contributed by atoms with Crippen LogP contribution in [0.4, 0.5) is 5.82 Å². The maximum atomic E-state index is 12.4. The second-order valence-corrected chi connectivity index (χ2v) is 6.65. The van der Waals surface area contributed by atoms with Gasteiger partial charge in [0.25, 0.3) is 0 Å². The van der Waals surface area contributed by atoms with E-state index >= 15 is 0 Å². The van der Waals surface area contributed by atoms with Crippen LogP contribution in [0.3, 0.4) is 0 Å². The first-order valence-corrected chi connectivity index (χ1v) is 8.90. The minimum atomic E-state index is -0.223. The maximum Gasteiger partial charge on any atom is 0.242 e. The van der Waals surface area contributed by atoms with E-state index in [-0.39, 0.29) is 11.9 Å². The summed E-state index contributed by atoms with van der Waals surface area (Å²) in [6.07, 6.45) is 1.79. The fraction of sp³-hybridized carbons (Fsp3) is 0.474. The van der Waals surface area contributed by atoms with Crippen LogP contribution < -0.4 is 10.6 Å². The Morgan fingerprint density at radius 1 is 1.40 bits per heavy atom. The number of rotatable bonds is 7. The molecule has 2 heterocycles. The summed E-state index contributed by atoms with van der Waals surface area (Å²) in [6, 6.07) is 12.3. The topological polar surface area (TPSA) is 70.4 Å². The molecule has 1 saturated heterocycles. The number of aromatic nitrogens is 1. The van der Waals surface area contributed by atoms with Crippen LogP contribution in [0.15, 0.2) is 40.9 Å². The van der Waals surface area contributed by atoms with Crippen molar-refractivity contribution in [2.45, 2.75) is 45.3 Å². The van der Waals surface area contributed by atoms with Crippen molar-refractivity contribution < 1.29 is 9.32 Å². The highest BCUT2D eigenvalue weighted by Gasteiger charge is 2.27. The molecule has 25 heavy (non-hydrogen) atoms. The number of carbonyl (C=O) groups is 1. The van der Waals surface area contributed by atoms with E-state index in [1.807, 2.05) is 13.0 Å². The van der Waals surface area contributed by atoms with Crippen LogP contribution in [0.1, 0.15) is 31.1 Å². The second-order valence-electron chi connectivity index (χ2n) is 6.65. The van der Waals surface area contributed by atoms with Gasteiger partial charge in [0.2, 0.25) is 5.91 Å². The zero-order chi connectivity index (χ0) is 17.6. The lowest BCUT2D eigenvalue weighted by molar-refractivity contribution is -0.118. The molecule has 3 rings (SSSR count). The number of likely N-dealkylation sites (tertiary alicyclic amines) is 1. The Morgan fingerprint density at radius 2 is 2.20 bits per heavy atom. The van der Waals surface area contributed by atoms with Crippen molar-refractivity contribution in [1.29, 1.82) is 0 Å². The Balaban J connectivity index is 1.49. The number of hydrogen-bond donors (Lipinski definition) is 2. The molecule has 1 fully saturated rings. The molecule has 1 amide bonds. The summed E-state index contributed by atoms with van der Waals surface area (Å²) in [4.78, 5) is 14.9. The number of anilines is 1. The first-order valence-electron chi connectivity index (χ1n) is 8.90. The third-order valence-corrected chi connectivity index (χ3v) is 4.56. The van der Waals surface area contributed by atoms with Gasteiger partial charge in [0.05, 0.1) is 6.04 Å². The molecule has 1 aliphatic rings. The fourth-order valence-electron chi connectivity index (χ4n) is 3.26. The van der Waals surface area contributed by atoms with Crippen LogP contribution >= 0.6 is 0 Å². The molecule has 0 radical (unpaired) electrons. The van der Waals surface area contributed by atoms with Crippen LogP contribution in [0.5, 0.6) is 0 Å². The van der Waals surface area contributed by atoms with E-state index in [9.17, 15) is 4.79 Å². The quantitative estimate of drug-likeness (QED) is 0.809. The molecule has 2 aromatic rings. The van der Waals surface area contributed by atoms with Crippen molar-refractivity contribution in [3.05, 3.63) is 47.7 Å². The van der Waals surface area contributed by atoms with E-state index in [1.165, 1.54) is 5.56 Å². The van der Waals surface area contributed by atoms with Crippen molar-refractivity contribution in [1.82, 2.24) is 15.4 Å². The first kappa shape index (κ1) is 17.6. The molecule has 0 spiro atoms. The highest BCUT2D eigenvalue weighted by Crippen LogP contribution is 2.15. The monoisotopic (exact) mass is 342 g/mol. The van der Waals surface area contributed by atoms with Crippen LogP contribution in [0.2, 0.25) is 0 Å². The molecular formula is C19H26N4O2. The SMILES string of the molecule is CC[C@H](N[C@H]1CCN(Cc2ccccc2)C1)C(=O)Nc1cc(C)on1. The van der Waals surface area contributed by atoms with Gasteiger partial charge in [-0.3, -0.25) is 9.69 Å². The minimum Gasteiger partial charge on any atom is -0.360 e. The van der Waals surface area contributed by atoms with Gasteiger partial charge in [0, 0.05) is 31.7 Å². The predicted octanol–water partition coefficient (Wildman–Crippen LogP) is 2.56. The molecule has 6 heteroatoms. The fourth-order valence-corrected chi connectivity index (χ4v) is 3.26. The summed E-state index contributed by atoms with van der Waals surface area (Å²) in [7, 11) is 0. The molecule has 134 valence electrons. The lowest BCUT2D eigenvalue weighted by atomic mass is 10.1. The van der Waals surface area contributed by atoms with Crippen molar-refractivity contribution in [3.8, 4) is 0 Å². The van der Waals surface area contributed by atoms with Gasteiger partial charge >= 0.3 is 0 Å². The highest BCUT2D eigenvalue weighted by molar-refractivity contribution is 5.94. The summed E-state index contributed by atoms with van der Waals surface area (Å²) >= 11 is 0. The van der Waals surface area contributed by atoms with Gasteiger partial charge in [0.1, 0.15) is 5.76 Å². The Kier molecular flexibility index (Phi) is 5.83. The van der Waals surface area contributed by atoms with E-state index in [0.717, 1.165) is 32.5 Å². The average molecular weight is 342 g/mol. The van der Waals surface area contributed by atoms with Crippen molar-refractivity contribution in [3.63, 3.8) is 0 Å². The van der Waals surface area contributed by atoms with E-state index in [4.69, 9.17) is 4.52 Å². The molecule has 0 saturated carbocycles. The van der Waals surface area contributed by atoms with Gasteiger partial charge in [0.15, 0.2) is 5.82 Å². The largest absolute Gasteiger partial charge is 0.360 e. The van der Waals surface area contributed by atoms with E-state index in [2.05, 4.69) is 45.0 Å². The van der Waals surface area contributed by atoms with Gasteiger partial charge in [-0.05, 0) is 25.3 Å². The second kappa shape index (κ2) is 8.27. The van der Waals surface area contributed by atoms with Gasteiger partial charge in [-0.1, -0.05) is 42.4 Å². The lowest BCUT2D eigenvalue weighted by Crippen LogP contribution is -2.46. The normalized spacial score (nSPS) is 19.0. The Hall–Kier alpha value is -2.18. The third-order valence-electron chi connectivity index (χ3n) is 4.56. The standard InChI is InChI=1S/C19H26N4O2/c1-3-17(19(24)21-18-11-14(2)25-22-18)20-16-9-10-23(13-16)12-15-7-5-4-6-8-15/h4-8,11,16-17,20H,3,9-10,12-13H2,1-2H3,(H,21,22,24)/t16-,17-/m0/s1. The van der Waals surface area contributed by atoms with Crippen molar-refractivity contribution in [2.75, 3.05) is 18.4 Å². The summed E-state index contributed by atoms with van der Waals surface area (Å²) in [5, 5.41) is 10.1. The van der Waals surface area contributed by atoms with Gasteiger partial charge in [-0.25, -0.2) is 0 Å². The lowest BCUT2D eigenvalue weighted by Gasteiger charge is -2.21. The molecule has 1 aliphatic heterocycles. The zero-order valence-electron chi connectivity index (χ0n) is 14.9. The molecule has 6 nitrogen and oxygen atoms in total. The molecular weight excluding hydrogens is 316 g/mol. The van der Waals surface area contributed by atoms with Crippen LogP contribution in [0.25, 0.3) is 0 Å². The van der Waals surface area contributed by atoms with Crippen LogP contribution in [-0.4, -0.2) is 41.1 Å². The summed E-state index contributed by atoms with van der Waals surface area (Å²) in [5.41, 5.74) is 1.33. The molecule has 1 aromatic carbocycles. The zero-order valence-corrected chi connectivity index (χ0v) is 14.9. The third kappa shape index (κ3) is 4.90. The molecule has 2 N–H and O–H groups in total. The Morgan fingerprint density at radius 3 is 2.88 bits per heavy atom. The number of aryl methyl sites for hydroxylation is 1. The predicted molar refractivity (Wildman–Crippen MR) is 97.2 cm³/mol. The smallest absolute Gasteiger partial charge is 0.242 e. The Labute approximate surface area is 148 Å². The molecule has 1 aromatic heterocycles. The summed E-state index contributed by atoms with van der Waals surface area (Å²) in [5.74, 6) is 1.10. The average Bonchev–Trinajstić information content (AvgIpc) is 3.22. The summed E-state index contributed by atoms with van der Waals surface area (Å²) < 4.78 is 4.99. The first-order chi connectivity index (χ1) is 12.1. The minimum absolute atomic E-state index is 0.0580. The number of amides is 1. The summed E-state index contributed by atoms with van der Waals surface area (Å²) in [6.45, 7) is 6.79. The van der Waals surface area contributed by atoms with Crippen molar-refractivity contribution >= 4 is 11.7 Å². The Bertz CT molecular complexity index is 686. The molecule has 2 atom stereocenters.